The lowest BCUT2D eigenvalue weighted by atomic mass is 10.0. The zero-order chi connectivity index (χ0) is 20.9. The lowest BCUT2D eigenvalue weighted by Crippen LogP contribution is -2.32. The van der Waals surface area contributed by atoms with Crippen molar-refractivity contribution in [2.24, 2.45) is 0 Å². The predicted molar refractivity (Wildman–Crippen MR) is 109 cm³/mol. The highest BCUT2D eigenvalue weighted by molar-refractivity contribution is 5.94. The summed E-state index contributed by atoms with van der Waals surface area (Å²) >= 11 is 0. The Morgan fingerprint density at radius 1 is 1.17 bits per heavy atom. The van der Waals surface area contributed by atoms with E-state index in [4.69, 9.17) is 9.47 Å². The molecule has 6 bridgehead atoms. The van der Waals surface area contributed by atoms with Gasteiger partial charge in [0.05, 0.1) is 6.61 Å². The van der Waals surface area contributed by atoms with Gasteiger partial charge in [-0.2, -0.15) is 5.10 Å². The lowest BCUT2D eigenvalue weighted by Gasteiger charge is -2.14. The molecule has 0 unspecified atom stereocenters. The van der Waals surface area contributed by atoms with E-state index >= 15 is 0 Å². The van der Waals surface area contributed by atoms with Crippen LogP contribution in [0.25, 0.3) is 0 Å². The second-order valence-corrected chi connectivity index (χ2v) is 7.54. The number of rotatable bonds is 2. The van der Waals surface area contributed by atoms with Crippen molar-refractivity contribution >= 4 is 23.6 Å². The second kappa shape index (κ2) is 9.12. The number of H-pyrrole nitrogens is 1. The number of methoxy groups -OCH3 is 1. The molecule has 30 heavy (non-hydrogen) atoms. The third-order valence-electron chi connectivity index (χ3n) is 5.35. The van der Waals surface area contributed by atoms with Gasteiger partial charge in [0.2, 0.25) is 0 Å². The number of carbonyl (C=O) groups excluding carboxylic acids is 2. The molecular weight excluding hydrogens is 388 g/mol. The molecule has 0 radical (unpaired) electrons. The maximum absolute atomic E-state index is 12.7. The largest absolute Gasteiger partial charge is 0.446 e. The van der Waals surface area contributed by atoms with Gasteiger partial charge in [0.25, 0.3) is 5.91 Å². The second-order valence-electron chi connectivity index (χ2n) is 7.54. The molecule has 1 aliphatic carbocycles. The van der Waals surface area contributed by atoms with Crippen LogP contribution in [0.4, 0.5) is 16.4 Å². The Morgan fingerprint density at radius 2 is 2.03 bits per heavy atom. The van der Waals surface area contributed by atoms with Crippen LogP contribution in [0.15, 0.2) is 18.2 Å². The Balaban J connectivity index is 1.59. The summed E-state index contributed by atoms with van der Waals surface area (Å²) in [4.78, 5) is 29.2. The molecule has 4 N–H and O–H groups in total. The molecule has 2 aromatic rings. The normalized spacial score (nSPS) is 22.2. The molecule has 2 amide bonds. The van der Waals surface area contributed by atoms with Crippen LogP contribution in [0, 0.1) is 0 Å². The maximum atomic E-state index is 12.7. The first-order valence-corrected chi connectivity index (χ1v) is 10.2. The smallest absolute Gasteiger partial charge is 0.407 e. The van der Waals surface area contributed by atoms with Gasteiger partial charge in [-0.05, 0) is 31.7 Å². The average Bonchev–Trinajstić information content (AvgIpc) is 3.38. The van der Waals surface area contributed by atoms with Crippen molar-refractivity contribution in [3.8, 4) is 0 Å². The SMILES string of the molecule is COCc1ccc2nc1C(=O)NCCCNC(=O)O[C@@H]1CC[C@@H](C1)c1cc(n[nH]1)N2. The quantitative estimate of drug-likeness (QED) is 0.592. The number of ether oxygens (including phenoxy) is 2. The van der Waals surface area contributed by atoms with Crippen molar-refractivity contribution in [2.75, 3.05) is 25.5 Å². The molecule has 10 nitrogen and oxygen atoms in total. The molecule has 0 saturated heterocycles. The van der Waals surface area contributed by atoms with Gasteiger partial charge in [-0.1, -0.05) is 6.07 Å². The standard InChI is InChI=1S/C20H26N6O4/c1-29-11-13-4-6-16-23-17-10-15(25-26-17)12-3-5-14(9-12)30-20(28)22-8-2-7-21-19(27)18(13)24-16/h4,6,10,12,14H,2-3,5,7-9,11H2,1H3,(H,21,27)(H,22,28)(H2,23,24,25,26)/t12-,14+/m0/s1. The Labute approximate surface area is 174 Å². The maximum Gasteiger partial charge on any atom is 0.407 e. The fraction of sp³-hybridized carbons (Fsp3) is 0.500. The molecule has 1 aliphatic heterocycles. The van der Waals surface area contributed by atoms with Gasteiger partial charge in [0.15, 0.2) is 5.82 Å². The molecular formula is C20H26N6O4. The Hall–Kier alpha value is -3.14. The number of amides is 2. The van der Waals surface area contributed by atoms with Gasteiger partial charge in [-0.15, -0.1) is 0 Å². The van der Waals surface area contributed by atoms with Crippen molar-refractivity contribution in [1.82, 2.24) is 25.8 Å². The summed E-state index contributed by atoms with van der Waals surface area (Å²) in [6.45, 7) is 1.09. The summed E-state index contributed by atoms with van der Waals surface area (Å²) in [5.74, 6) is 1.10. The van der Waals surface area contributed by atoms with Crippen molar-refractivity contribution in [1.29, 1.82) is 0 Å². The van der Waals surface area contributed by atoms with Crippen molar-refractivity contribution in [3.05, 3.63) is 35.2 Å². The number of aromatic amines is 1. The Bertz CT molecular complexity index is 914. The molecule has 4 rings (SSSR count). The minimum Gasteiger partial charge on any atom is -0.446 e. The number of hydrogen-bond donors (Lipinski definition) is 4. The van der Waals surface area contributed by atoms with Crippen LogP contribution >= 0.6 is 0 Å². The van der Waals surface area contributed by atoms with Gasteiger partial charge in [-0.3, -0.25) is 9.89 Å². The fourth-order valence-corrected chi connectivity index (χ4v) is 3.85. The van der Waals surface area contributed by atoms with Crippen LogP contribution in [0.2, 0.25) is 0 Å². The molecule has 1 saturated carbocycles. The van der Waals surface area contributed by atoms with E-state index in [0.717, 1.165) is 25.0 Å². The molecule has 0 aromatic carbocycles. The van der Waals surface area contributed by atoms with Crippen molar-refractivity contribution in [2.45, 2.75) is 44.3 Å². The van der Waals surface area contributed by atoms with Gasteiger partial charge >= 0.3 is 6.09 Å². The van der Waals surface area contributed by atoms with E-state index in [1.165, 1.54) is 0 Å². The first-order valence-electron chi connectivity index (χ1n) is 10.2. The van der Waals surface area contributed by atoms with Crippen molar-refractivity contribution < 1.29 is 19.1 Å². The number of carbonyl (C=O) groups is 2. The molecule has 2 aromatic heterocycles. The van der Waals surface area contributed by atoms with E-state index in [-0.39, 0.29) is 24.5 Å². The third kappa shape index (κ3) is 4.70. The van der Waals surface area contributed by atoms with E-state index in [1.807, 2.05) is 12.1 Å². The summed E-state index contributed by atoms with van der Waals surface area (Å²) in [7, 11) is 1.57. The van der Waals surface area contributed by atoms with E-state index in [9.17, 15) is 9.59 Å². The number of aromatic nitrogens is 3. The highest BCUT2D eigenvalue weighted by Crippen LogP contribution is 2.36. The van der Waals surface area contributed by atoms with E-state index in [2.05, 4.69) is 31.1 Å². The first-order chi connectivity index (χ1) is 14.6. The number of fused-ring (bicyclic) bond motifs is 7. The minimum absolute atomic E-state index is 0.106. The van der Waals surface area contributed by atoms with E-state index < -0.39 is 6.09 Å². The molecule has 3 heterocycles. The van der Waals surface area contributed by atoms with Crippen molar-refractivity contribution in [3.63, 3.8) is 0 Å². The van der Waals surface area contributed by atoms with Crippen LogP contribution in [0.5, 0.6) is 0 Å². The topological polar surface area (TPSA) is 130 Å². The Morgan fingerprint density at radius 3 is 2.90 bits per heavy atom. The number of alkyl carbamates (subject to hydrolysis) is 1. The highest BCUT2D eigenvalue weighted by Gasteiger charge is 2.30. The number of anilines is 2. The highest BCUT2D eigenvalue weighted by atomic mass is 16.6. The van der Waals surface area contributed by atoms with Crippen LogP contribution in [0.3, 0.4) is 0 Å². The lowest BCUT2D eigenvalue weighted by molar-refractivity contribution is 0.0942. The summed E-state index contributed by atoms with van der Waals surface area (Å²) in [5, 5.41) is 16.1. The molecule has 0 spiro atoms. The summed E-state index contributed by atoms with van der Waals surface area (Å²) < 4.78 is 10.7. The van der Waals surface area contributed by atoms with Crippen LogP contribution in [-0.4, -0.2) is 53.5 Å². The molecule has 2 atom stereocenters. The molecule has 10 heteroatoms. The summed E-state index contributed by atoms with van der Waals surface area (Å²) in [5.41, 5.74) is 1.97. The van der Waals surface area contributed by atoms with Crippen LogP contribution < -0.4 is 16.0 Å². The summed E-state index contributed by atoms with van der Waals surface area (Å²) in [6, 6.07) is 5.55. The average molecular weight is 414 g/mol. The first kappa shape index (κ1) is 20.1. The third-order valence-corrected chi connectivity index (χ3v) is 5.35. The van der Waals surface area contributed by atoms with E-state index in [1.54, 1.807) is 13.2 Å². The number of nitrogens with zero attached hydrogens (tertiary/aromatic N) is 2. The predicted octanol–water partition coefficient (Wildman–Crippen LogP) is 2.19. The molecule has 1 fully saturated rings. The van der Waals surface area contributed by atoms with Crippen LogP contribution in [0.1, 0.15) is 53.3 Å². The number of nitrogens with one attached hydrogen (secondary N) is 4. The van der Waals surface area contributed by atoms with E-state index in [0.29, 0.717) is 42.4 Å². The monoisotopic (exact) mass is 414 g/mol. The van der Waals surface area contributed by atoms with Gasteiger partial charge < -0.3 is 25.4 Å². The zero-order valence-corrected chi connectivity index (χ0v) is 16.9. The van der Waals surface area contributed by atoms with Crippen LogP contribution in [-0.2, 0) is 16.1 Å². The number of pyridine rings is 1. The fourth-order valence-electron chi connectivity index (χ4n) is 3.85. The van der Waals surface area contributed by atoms with Gasteiger partial charge in [0, 0.05) is 43.4 Å². The number of hydrogen-bond acceptors (Lipinski definition) is 7. The summed E-state index contributed by atoms with van der Waals surface area (Å²) in [6.07, 6.45) is 2.56. The van der Waals surface area contributed by atoms with Gasteiger partial charge in [0.1, 0.15) is 17.6 Å². The zero-order valence-electron chi connectivity index (χ0n) is 16.9. The molecule has 160 valence electrons. The Kier molecular flexibility index (Phi) is 6.12. The van der Waals surface area contributed by atoms with Gasteiger partial charge in [-0.25, -0.2) is 9.78 Å². The molecule has 2 aliphatic rings. The minimum atomic E-state index is -0.420.